The van der Waals surface area contributed by atoms with Crippen molar-refractivity contribution in [3.05, 3.63) is 22.4 Å². The predicted octanol–water partition coefficient (Wildman–Crippen LogP) is 0.794. The molecular formula is C9H11N3O2S2. The second kappa shape index (κ2) is 6.19. The van der Waals surface area contributed by atoms with Crippen molar-refractivity contribution in [1.82, 2.24) is 16.2 Å². The molecule has 0 atom stereocenters. The highest BCUT2D eigenvalue weighted by Gasteiger charge is 2.06. The Kier molecular flexibility index (Phi) is 4.87. The number of hydrogen-bond acceptors (Lipinski definition) is 4. The van der Waals surface area contributed by atoms with Crippen molar-refractivity contribution in [2.24, 2.45) is 0 Å². The monoisotopic (exact) mass is 257 g/mol. The summed E-state index contributed by atoms with van der Waals surface area (Å²) in [6.07, 6.45) is 0.334. The van der Waals surface area contributed by atoms with Crippen LogP contribution in [0.1, 0.15) is 23.0 Å². The van der Waals surface area contributed by atoms with Gasteiger partial charge in [-0.2, -0.15) is 0 Å². The molecular weight excluding hydrogens is 246 g/mol. The Bertz CT molecular complexity index is 389. The van der Waals surface area contributed by atoms with E-state index in [0.29, 0.717) is 11.3 Å². The highest BCUT2D eigenvalue weighted by molar-refractivity contribution is 7.80. The van der Waals surface area contributed by atoms with Gasteiger partial charge in [0.05, 0.1) is 4.88 Å². The van der Waals surface area contributed by atoms with Crippen LogP contribution in [-0.4, -0.2) is 16.9 Å². The Morgan fingerprint density at radius 2 is 2.19 bits per heavy atom. The van der Waals surface area contributed by atoms with Crippen LogP contribution in [0, 0.1) is 0 Å². The quantitative estimate of drug-likeness (QED) is 0.541. The van der Waals surface area contributed by atoms with Gasteiger partial charge in [-0.1, -0.05) is 13.0 Å². The maximum Gasteiger partial charge on any atom is 0.279 e. The van der Waals surface area contributed by atoms with Crippen LogP contribution in [-0.2, 0) is 4.79 Å². The van der Waals surface area contributed by atoms with Crippen LogP contribution in [0.5, 0.6) is 0 Å². The van der Waals surface area contributed by atoms with Crippen LogP contribution < -0.4 is 16.2 Å². The standard InChI is InChI=1S/C9H11N3O2S2/c1-2-7(13)10-9(15)12-11-8(14)6-4-3-5-16-6/h3-5H,2H2,1H3,(H,11,14)(H2,10,12,13,15). The Hall–Kier alpha value is -1.47. The Labute approximate surface area is 102 Å². The molecule has 0 aliphatic rings. The third kappa shape index (κ3) is 3.95. The van der Waals surface area contributed by atoms with E-state index in [2.05, 4.69) is 16.2 Å². The van der Waals surface area contributed by atoms with E-state index < -0.39 is 0 Å². The van der Waals surface area contributed by atoms with E-state index in [1.807, 2.05) is 0 Å². The van der Waals surface area contributed by atoms with Crippen LogP contribution in [0.3, 0.4) is 0 Å². The lowest BCUT2D eigenvalue weighted by Crippen LogP contribution is -2.48. The molecule has 1 aromatic heterocycles. The molecule has 5 nitrogen and oxygen atoms in total. The molecule has 86 valence electrons. The highest BCUT2D eigenvalue weighted by Crippen LogP contribution is 2.06. The molecule has 0 fully saturated rings. The number of thiocarbonyl (C=S) groups is 1. The van der Waals surface area contributed by atoms with Gasteiger partial charge in [0.2, 0.25) is 5.91 Å². The smallest absolute Gasteiger partial charge is 0.279 e. The Balaban J connectivity index is 2.32. The number of carbonyl (C=O) groups is 2. The molecule has 7 heteroatoms. The molecule has 0 aliphatic carbocycles. The van der Waals surface area contributed by atoms with E-state index in [0.717, 1.165) is 0 Å². The lowest BCUT2D eigenvalue weighted by atomic mass is 10.4. The number of nitrogens with one attached hydrogen (secondary N) is 3. The summed E-state index contributed by atoms with van der Waals surface area (Å²) < 4.78 is 0. The summed E-state index contributed by atoms with van der Waals surface area (Å²) in [6.45, 7) is 1.71. The zero-order valence-electron chi connectivity index (χ0n) is 8.57. The minimum Gasteiger partial charge on any atom is -0.302 e. The molecule has 0 saturated heterocycles. The van der Waals surface area contributed by atoms with E-state index >= 15 is 0 Å². The van der Waals surface area contributed by atoms with Gasteiger partial charge in [0.25, 0.3) is 5.91 Å². The van der Waals surface area contributed by atoms with Crippen molar-refractivity contribution in [3.8, 4) is 0 Å². The maximum atomic E-state index is 11.4. The number of hydrogen-bond donors (Lipinski definition) is 3. The maximum absolute atomic E-state index is 11.4. The topological polar surface area (TPSA) is 70.2 Å². The second-order valence-electron chi connectivity index (χ2n) is 2.79. The van der Waals surface area contributed by atoms with Gasteiger partial charge < -0.3 is 5.32 Å². The highest BCUT2D eigenvalue weighted by atomic mass is 32.1. The van der Waals surface area contributed by atoms with Gasteiger partial charge in [-0.05, 0) is 23.7 Å². The average molecular weight is 257 g/mol. The minimum atomic E-state index is -0.289. The fourth-order valence-electron chi connectivity index (χ4n) is 0.829. The summed E-state index contributed by atoms with van der Waals surface area (Å²) in [5.74, 6) is -0.494. The molecule has 16 heavy (non-hydrogen) atoms. The molecule has 0 radical (unpaired) electrons. The molecule has 0 aromatic carbocycles. The van der Waals surface area contributed by atoms with Crippen molar-refractivity contribution in [2.75, 3.05) is 0 Å². The molecule has 1 rings (SSSR count). The molecule has 0 bridgehead atoms. The summed E-state index contributed by atoms with van der Waals surface area (Å²) in [6, 6.07) is 3.46. The van der Waals surface area contributed by atoms with Crippen LogP contribution in [0.2, 0.25) is 0 Å². The van der Waals surface area contributed by atoms with Crippen molar-refractivity contribution >= 4 is 40.5 Å². The van der Waals surface area contributed by atoms with Gasteiger partial charge in [-0.25, -0.2) is 0 Å². The van der Waals surface area contributed by atoms with Crippen LogP contribution in [0.4, 0.5) is 0 Å². The first-order valence-corrected chi connectivity index (χ1v) is 5.86. The fraction of sp³-hybridized carbons (Fsp3) is 0.222. The molecule has 0 spiro atoms. The molecule has 1 aromatic rings. The summed E-state index contributed by atoms with van der Waals surface area (Å²) in [7, 11) is 0. The first kappa shape index (κ1) is 12.6. The van der Waals surface area contributed by atoms with Gasteiger partial charge in [0, 0.05) is 6.42 Å². The molecule has 0 aliphatic heterocycles. The third-order valence-electron chi connectivity index (χ3n) is 1.61. The fourth-order valence-corrected chi connectivity index (χ4v) is 1.61. The second-order valence-corrected chi connectivity index (χ2v) is 4.14. The van der Waals surface area contributed by atoms with E-state index in [-0.39, 0.29) is 16.9 Å². The van der Waals surface area contributed by atoms with E-state index in [9.17, 15) is 9.59 Å². The first-order chi connectivity index (χ1) is 7.63. The van der Waals surface area contributed by atoms with Gasteiger partial charge in [0.15, 0.2) is 5.11 Å². The van der Waals surface area contributed by atoms with E-state index in [1.165, 1.54) is 11.3 Å². The number of thiophene rings is 1. The van der Waals surface area contributed by atoms with Crippen molar-refractivity contribution in [1.29, 1.82) is 0 Å². The molecule has 2 amide bonds. The lowest BCUT2D eigenvalue weighted by Gasteiger charge is -2.08. The lowest BCUT2D eigenvalue weighted by molar-refractivity contribution is -0.119. The first-order valence-electron chi connectivity index (χ1n) is 4.57. The molecule has 3 N–H and O–H groups in total. The van der Waals surface area contributed by atoms with Gasteiger partial charge >= 0.3 is 0 Å². The predicted molar refractivity (Wildman–Crippen MR) is 66.0 cm³/mol. The molecule has 0 unspecified atom stereocenters. The van der Waals surface area contributed by atoms with Crippen LogP contribution >= 0.6 is 23.6 Å². The van der Waals surface area contributed by atoms with E-state index in [1.54, 1.807) is 24.4 Å². The summed E-state index contributed by atoms with van der Waals surface area (Å²) in [4.78, 5) is 22.9. The van der Waals surface area contributed by atoms with Crippen LogP contribution in [0.25, 0.3) is 0 Å². The van der Waals surface area contributed by atoms with Crippen LogP contribution in [0.15, 0.2) is 17.5 Å². The summed E-state index contributed by atoms with van der Waals surface area (Å²) in [5, 5.41) is 4.28. The Morgan fingerprint density at radius 3 is 2.75 bits per heavy atom. The van der Waals surface area contributed by atoms with Crippen molar-refractivity contribution in [3.63, 3.8) is 0 Å². The largest absolute Gasteiger partial charge is 0.302 e. The average Bonchev–Trinajstić information content (AvgIpc) is 2.79. The SMILES string of the molecule is CCC(=O)NC(=S)NNC(=O)c1cccs1. The molecule has 0 saturated carbocycles. The minimum absolute atomic E-state index is 0.0803. The van der Waals surface area contributed by atoms with E-state index in [4.69, 9.17) is 12.2 Å². The summed E-state index contributed by atoms with van der Waals surface area (Å²) >= 11 is 6.11. The number of amides is 2. The van der Waals surface area contributed by atoms with Gasteiger partial charge in [0.1, 0.15) is 0 Å². The molecule has 1 heterocycles. The number of rotatable bonds is 2. The third-order valence-corrected chi connectivity index (χ3v) is 2.68. The van der Waals surface area contributed by atoms with Crippen molar-refractivity contribution in [2.45, 2.75) is 13.3 Å². The zero-order valence-corrected chi connectivity index (χ0v) is 10.2. The summed E-state index contributed by atoms with van der Waals surface area (Å²) in [5.41, 5.74) is 4.82. The Morgan fingerprint density at radius 1 is 1.44 bits per heavy atom. The van der Waals surface area contributed by atoms with Gasteiger partial charge in [-0.15, -0.1) is 11.3 Å². The van der Waals surface area contributed by atoms with Gasteiger partial charge in [-0.3, -0.25) is 20.4 Å². The normalized spacial score (nSPS) is 9.31. The van der Waals surface area contributed by atoms with Crippen molar-refractivity contribution < 1.29 is 9.59 Å². The zero-order chi connectivity index (χ0) is 12.0. The number of hydrazine groups is 1. The number of carbonyl (C=O) groups excluding carboxylic acids is 2.